The lowest BCUT2D eigenvalue weighted by molar-refractivity contribution is 0.988. The van der Waals surface area contributed by atoms with Crippen LogP contribution in [-0.4, -0.2) is 5.66 Å². The molecule has 1 aliphatic carbocycles. The molecule has 1 saturated carbocycles. The molecule has 1 unspecified atom stereocenters. The van der Waals surface area contributed by atoms with Crippen LogP contribution in [0.2, 0.25) is 0 Å². The molecular weight excluding hydrogens is 79.0 g/mol. The molecule has 1 fully saturated rings. The molecule has 0 heterocycles. The van der Waals surface area contributed by atoms with Gasteiger partial charge in [-0.15, -0.1) is 9.24 Å². The highest BCUT2D eigenvalue weighted by Crippen LogP contribution is 2.36. The topological polar surface area (TPSA) is 0 Å². The summed E-state index contributed by atoms with van der Waals surface area (Å²) in [6, 6.07) is 0. The molecule has 0 amide bonds. The third kappa shape index (κ3) is 0.633. The van der Waals surface area contributed by atoms with Crippen molar-refractivity contribution in [1.29, 1.82) is 0 Å². The van der Waals surface area contributed by atoms with Crippen LogP contribution in [0, 0.1) is 5.92 Å². The molecular formula is C4H9P. The lowest BCUT2D eigenvalue weighted by Gasteiger charge is -1.67. The van der Waals surface area contributed by atoms with E-state index in [9.17, 15) is 0 Å². The standard InChI is InChI=1S/C4H9P/c1-3-2-4(3)5/h3-4H,2,5H2,1H3/t3-,4-/m0/s1. The lowest BCUT2D eigenvalue weighted by atomic mass is 10.5. The molecule has 0 aromatic carbocycles. The highest BCUT2D eigenvalue weighted by Gasteiger charge is 2.26. The predicted octanol–water partition coefficient (Wildman–Crippen LogP) is 1.27. The normalized spacial score (nSPS) is 49.2. The average Bonchev–Trinajstić information content (AvgIpc) is 1.79. The zero-order chi connectivity index (χ0) is 3.86. The highest BCUT2D eigenvalue weighted by atomic mass is 31.0. The van der Waals surface area contributed by atoms with Crippen LogP contribution in [0.1, 0.15) is 13.3 Å². The van der Waals surface area contributed by atoms with Gasteiger partial charge < -0.3 is 0 Å². The van der Waals surface area contributed by atoms with Crippen LogP contribution in [0.3, 0.4) is 0 Å². The number of hydrogen-bond acceptors (Lipinski definition) is 0. The fourth-order valence-corrected chi connectivity index (χ4v) is 0.780. The zero-order valence-electron chi connectivity index (χ0n) is 3.44. The Balaban J connectivity index is 2.20. The summed E-state index contributed by atoms with van der Waals surface area (Å²) in [6.07, 6.45) is 1.44. The molecule has 1 rings (SSSR count). The van der Waals surface area contributed by atoms with Crippen molar-refractivity contribution in [2.45, 2.75) is 19.0 Å². The van der Waals surface area contributed by atoms with E-state index in [-0.39, 0.29) is 0 Å². The predicted molar refractivity (Wildman–Crippen MR) is 27.3 cm³/mol. The van der Waals surface area contributed by atoms with Gasteiger partial charge in [-0.25, -0.2) is 0 Å². The second-order valence-electron chi connectivity index (χ2n) is 1.88. The van der Waals surface area contributed by atoms with Gasteiger partial charge in [-0.05, 0) is 18.0 Å². The number of rotatable bonds is 0. The Labute approximate surface area is 35.2 Å². The minimum absolute atomic E-state index is 0.968. The smallest absolute Gasteiger partial charge is 0.0236 e. The van der Waals surface area contributed by atoms with Crippen LogP contribution in [-0.2, 0) is 0 Å². The van der Waals surface area contributed by atoms with Crippen molar-refractivity contribution in [3.05, 3.63) is 0 Å². The molecule has 0 spiro atoms. The molecule has 0 aliphatic heterocycles. The van der Waals surface area contributed by atoms with Gasteiger partial charge >= 0.3 is 0 Å². The molecule has 0 bridgehead atoms. The SMILES string of the molecule is C[C@H]1C[C@@H]1P. The first kappa shape index (κ1) is 3.61. The summed E-state index contributed by atoms with van der Waals surface area (Å²) in [7, 11) is 2.81. The van der Waals surface area contributed by atoms with Crippen molar-refractivity contribution in [3.8, 4) is 0 Å². The van der Waals surface area contributed by atoms with Gasteiger partial charge in [-0.3, -0.25) is 0 Å². The molecule has 30 valence electrons. The van der Waals surface area contributed by atoms with Crippen LogP contribution in [0.15, 0.2) is 0 Å². The summed E-state index contributed by atoms with van der Waals surface area (Å²) in [5.74, 6) is 1.01. The third-order valence-electron chi connectivity index (χ3n) is 1.17. The lowest BCUT2D eigenvalue weighted by Crippen LogP contribution is -1.59. The molecule has 0 radical (unpaired) electrons. The highest BCUT2D eigenvalue weighted by molar-refractivity contribution is 7.18. The summed E-state index contributed by atoms with van der Waals surface area (Å²) in [5.41, 5.74) is 0.968. The quantitative estimate of drug-likeness (QED) is 0.391. The third-order valence-corrected chi connectivity index (χ3v) is 2.10. The number of hydrogen-bond donors (Lipinski definition) is 0. The Bertz CT molecular complexity index is 36.9. The Hall–Kier alpha value is 0.430. The Kier molecular flexibility index (Phi) is 0.682. The van der Waals surface area contributed by atoms with Crippen LogP contribution >= 0.6 is 9.24 Å². The van der Waals surface area contributed by atoms with E-state index in [0.29, 0.717) is 0 Å². The first-order valence-electron chi connectivity index (χ1n) is 2.06. The summed E-state index contributed by atoms with van der Waals surface area (Å²) < 4.78 is 0. The maximum atomic E-state index is 2.81. The van der Waals surface area contributed by atoms with Crippen LogP contribution in [0.5, 0.6) is 0 Å². The van der Waals surface area contributed by atoms with Crippen LogP contribution < -0.4 is 0 Å². The van der Waals surface area contributed by atoms with Crippen molar-refractivity contribution in [2.24, 2.45) is 5.92 Å². The van der Waals surface area contributed by atoms with Crippen LogP contribution in [0.4, 0.5) is 0 Å². The Morgan fingerprint density at radius 3 is 2.00 bits per heavy atom. The molecule has 1 aliphatic rings. The summed E-state index contributed by atoms with van der Waals surface area (Å²) >= 11 is 0. The van der Waals surface area contributed by atoms with Gasteiger partial charge in [-0.2, -0.15) is 0 Å². The molecule has 0 aromatic heterocycles. The molecule has 1 heteroatoms. The second-order valence-corrected chi connectivity index (χ2v) is 2.73. The molecule has 3 atom stereocenters. The first-order chi connectivity index (χ1) is 2.30. The maximum absolute atomic E-state index is 2.81. The van der Waals surface area contributed by atoms with Gasteiger partial charge in [0.15, 0.2) is 0 Å². The second kappa shape index (κ2) is 0.944. The van der Waals surface area contributed by atoms with Gasteiger partial charge in [0, 0.05) is 0 Å². The maximum Gasteiger partial charge on any atom is -0.0236 e. The van der Waals surface area contributed by atoms with E-state index in [1.54, 1.807) is 0 Å². The van der Waals surface area contributed by atoms with Gasteiger partial charge in [0.2, 0.25) is 0 Å². The molecule has 0 saturated heterocycles. The summed E-state index contributed by atoms with van der Waals surface area (Å²) in [4.78, 5) is 0. The average molecular weight is 88.1 g/mol. The van der Waals surface area contributed by atoms with Crippen molar-refractivity contribution in [2.75, 3.05) is 0 Å². The minimum atomic E-state index is 0.968. The fourth-order valence-electron chi connectivity index (χ4n) is 0.351. The Morgan fingerprint density at radius 1 is 1.80 bits per heavy atom. The van der Waals surface area contributed by atoms with E-state index in [4.69, 9.17) is 0 Å². The van der Waals surface area contributed by atoms with Crippen molar-refractivity contribution < 1.29 is 0 Å². The fraction of sp³-hybridized carbons (Fsp3) is 1.00. The van der Waals surface area contributed by atoms with Gasteiger partial charge in [0.05, 0.1) is 0 Å². The summed E-state index contributed by atoms with van der Waals surface area (Å²) in [6.45, 7) is 2.28. The van der Waals surface area contributed by atoms with Crippen molar-refractivity contribution in [3.63, 3.8) is 0 Å². The Morgan fingerprint density at radius 2 is 2.00 bits per heavy atom. The van der Waals surface area contributed by atoms with Gasteiger partial charge in [-0.1, -0.05) is 6.92 Å². The van der Waals surface area contributed by atoms with E-state index in [2.05, 4.69) is 16.2 Å². The van der Waals surface area contributed by atoms with E-state index < -0.39 is 0 Å². The van der Waals surface area contributed by atoms with Gasteiger partial charge in [0.25, 0.3) is 0 Å². The monoisotopic (exact) mass is 88.0 g/mol. The minimum Gasteiger partial charge on any atom is -0.134 e. The largest absolute Gasteiger partial charge is 0.134 e. The zero-order valence-corrected chi connectivity index (χ0v) is 4.59. The molecule has 0 N–H and O–H groups in total. The van der Waals surface area contributed by atoms with E-state index in [0.717, 1.165) is 11.6 Å². The van der Waals surface area contributed by atoms with Gasteiger partial charge in [0.1, 0.15) is 0 Å². The van der Waals surface area contributed by atoms with E-state index in [1.807, 2.05) is 0 Å². The molecule has 0 nitrogen and oxygen atoms in total. The van der Waals surface area contributed by atoms with E-state index in [1.165, 1.54) is 6.42 Å². The van der Waals surface area contributed by atoms with Crippen molar-refractivity contribution >= 4 is 9.24 Å². The van der Waals surface area contributed by atoms with Crippen molar-refractivity contribution in [1.82, 2.24) is 0 Å². The van der Waals surface area contributed by atoms with E-state index >= 15 is 0 Å². The van der Waals surface area contributed by atoms with Crippen LogP contribution in [0.25, 0.3) is 0 Å². The molecule has 0 aromatic rings. The molecule has 5 heavy (non-hydrogen) atoms. The first-order valence-corrected chi connectivity index (χ1v) is 2.73. The summed E-state index contributed by atoms with van der Waals surface area (Å²) in [5, 5.41) is 0.